The van der Waals surface area contributed by atoms with E-state index in [0.29, 0.717) is 5.88 Å². The fraction of sp³-hybridized carbons (Fsp3) is 0.615. The standard InChI is InChI=1S/C13H19ClN2O/c1-16(6-7-17-10-11-2-3-11)13-8-12(9-14)4-5-15-13/h4-5,8,11H,2-3,6-7,9-10H2,1H3. The largest absolute Gasteiger partial charge is 0.379 e. The topological polar surface area (TPSA) is 25.4 Å². The molecule has 0 N–H and O–H groups in total. The Hall–Kier alpha value is -0.800. The predicted octanol–water partition coefficient (Wildman–Crippen LogP) is 2.68. The first-order valence-electron chi connectivity index (χ1n) is 6.09. The number of alkyl halides is 1. The van der Waals surface area contributed by atoms with Crippen LogP contribution >= 0.6 is 11.6 Å². The third kappa shape index (κ3) is 4.17. The average Bonchev–Trinajstić information content (AvgIpc) is 3.18. The molecule has 4 heteroatoms. The highest BCUT2D eigenvalue weighted by Crippen LogP contribution is 2.28. The second-order valence-electron chi connectivity index (χ2n) is 4.60. The number of halogens is 1. The summed E-state index contributed by atoms with van der Waals surface area (Å²) in [6.45, 7) is 2.55. The number of nitrogens with zero attached hydrogens (tertiary/aromatic N) is 2. The summed E-state index contributed by atoms with van der Waals surface area (Å²) in [4.78, 5) is 6.43. The molecular weight excluding hydrogens is 236 g/mol. The van der Waals surface area contributed by atoms with Gasteiger partial charge in [-0.3, -0.25) is 0 Å². The number of hydrogen-bond donors (Lipinski definition) is 0. The van der Waals surface area contributed by atoms with Gasteiger partial charge in [-0.25, -0.2) is 4.98 Å². The van der Waals surface area contributed by atoms with Gasteiger partial charge in [-0.1, -0.05) is 0 Å². The van der Waals surface area contributed by atoms with Crippen molar-refractivity contribution in [3.63, 3.8) is 0 Å². The van der Waals surface area contributed by atoms with Crippen molar-refractivity contribution in [1.29, 1.82) is 0 Å². The van der Waals surface area contributed by atoms with Crippen molar-refractivity contribution >= 4 is 17.4 Å². The zero-order chi connectivity index (χ0) is 12.1. The summed E-state index contributed by atoms with van der Waals surface area (Å²) >= 11 is 5.80. The third-order valence-electron chi connectivity index (χ3n) is 2.98. The lowest BCUT2D eigenvalue weighted by molar-refractivity contribution is 0.131. The third-order valence-corrected chi connectivity index (χ3v) is 3.29. The summed E-state index contributed by atoms with van der Waals surface area (Å²) in [5.74, 6) is 2.32. The van der Waals surface area contributed by atoms with Gasteiger partial charge in [0.2, 0.25) is 0 Å². The van der Waals surface area contributed by atoms with Crippen LogP contribution in [0.1, 0.15) is 18.4 Å². The van der Waals surface area contributed by atoms with Crippen LogP contribution in [0.5, 0.6) is 0 Å². The van der Waals surface area contributed by atoms with Gasteiger partial charge in [0.25, 0.3) is 0 Å². The van der Waals surface area contributed by atoms with Crippen LogP contribution < -0.4 is 4.90 Å². The van der Waals surface area contributed by atoms with Gasteiger partial charge in [0.1, 0.15) is 5.82 Å². The van der Waals surface area contributed by atoms with E-state index in [1.165, 1.54) is 12.8 Å². The van der Waals surface area contributed by atoms with Gasteiger partial charge in [-0.05, 0) is 36.5 Å². The van der Waals surface area contributed by atoms with Gasteiger partial charge in [0.05, 0.1) is 6.61 Å². The molecule has 1 heterocycles. The highest BCUT2D eigenvalue weighted by atomic mass is 35.5. The summed E-state index contributed by atoms with van der Waals surface area (Å²) in [7, 11) is 2.03. The molecule has 0 spiro atoms. The number of hydrogen-bond acceptors (Lipinski definition) is 3. The Kier molecular flexibility index (Phi) is 4.63. The molecule has 0 aliphatic heterocycles. The maximum atomic E-state index is 5.80. The van der Waals surface area contributed by atoms with Crippen molar-refractivity contribution in [2.24, 2.45) is 5.92 Å². The van der Waals surface area contributed by atoms with E-state index >= 15 is 0 Å². The second kappa shape index (κ2) is 6.22. The van der Waals surface area contributed by atoms with Crippen LogP contribution in [0, 0.1) is 5.92 Å². The van der Waals surface area contributed by atoms with Crippen LogP contribution in [0.2, 0.25) is 0 Å². The molecule has 0 bridgehead atoms. The lowest BCUT2D eigenvalue weighted by Crippen LogP contribution is -2.23. The molecule has 1 aliphatic carbocycles. The highest BCUT2D eigenvalue weighted by Gasteiger charge is 2.20. The normalized spacial score (nSPS) is 14.9. The van der Waals surface area contributed by atoms with E-state index in [0.717, 1.165) is 37.1 Å². The first kappa shape index (κ1) is 12.7. The molecule has 2 rings (SSSR count). The van der Waals surface area contributed by atoms with Gasteiger partial charge in [-0.15, -0.1) is 11.6 Å². The van der Waals surface area contributed by atoms with E-state index in [9.17, 15) is 0 Å². The Morgan fingerprint density at radius 1 is 1.53 bits per heavy atom. The van der Waals surface area contributed by atoms with Crippen LogP contribution in [-0.2, 0) is 10.6 Å². The summed E-state index contributed by atoms with van der Waals surface area (Å²) in [5, 5.41) is 0. The van der Waals surface area contributed by atoms with Crippen LogP contribution in [0.3, 0.4) is 0 Å². The smallest absolute Gasteiger partial charge is 0.128 e. The van der Waals surface area contributed by atoms with Crippen molar-refractivity contribution in [1.82, 2.24) is 4.98 Å². The Balaban J connectivity index is 1.74. The van der Waals surface area contributed by atoms with E-state index in [2.05, 4.69) is 9.88 Å². The first-order valence-corrected chi connectivity index (χ1v) is 6.63. The molecule has 0 amide bonds. The van der Waals surface area contributed by atoms with Crippen LogP contribution in [-0.4, -0.2) is 31.8 Å². The number of pyridine rings is 1. The Morgan fingerprint density at radius 2 is 2.35 bits per heavy atom. The van der Waals surface area contributed by atoms with Crippen LogP contribution in [0.25, 0.3) is 0 Å². The number of aromatic nitrogens is 1. The van der Waals surface area contributed by atoms with E-state index in [-0.39, 0.29) is 0 Å². The van der Waals surface area contributed by atoms with Crippen LogP contribution in [0.4, 0.5) is 5.82 Å². The highest BCUT2D eigenvalue weighted by molar-refractivity contribution is 6.17. The van der Waals surface area contributed by atoms with E-state index in [1.807, 2.05) is 19.2 Å². The number of rotatable bonds is 7. The Morgan fingerprint density at radius 3 is 3.06 bits per heavy atom. The minimum absolute atomic E-state index is 0.529. The summed E-state index contributed by atoms with van der Waals surface area (Å²) < 4.78 is 5.61. The molecular formula is C13H19ClN2O. The second-order valence-corrected chi connectivity index (χ2v) is 4.86. The molecule has 3 nitrogen and oxygen atoms in total. The van der Waals surface area contributed by atoms with Crippen molar-refractivity contribution in [3.05, 3.63) is 23.9 Å². The summed E-state index contributed by atoms with van der Waals surface area (Å²) in [6.07, 6.45) is 4.49. The number of ether oxygens (including phenoxy) is 1. The minimum atomic E-state index is 0.529. The summed E-state index contributed by atoms with van der Waals surface area (Å²) in [5.41, 5.74) is 1.10. The lowest BCUT2D eigenvalue weighted by Gasteiger charge is -2.18. The molecule has 0 unspecified atom stereocenters. The molecule has 1 fully saturated rings. The summed E-state index contributed by atoms with van der Waals surface area (Å²) in [6, 6.07) is 3.96. The molecule has 0 atom stereocenters. The zero-order valence-corrected chi connectivity index (χ0v) is 11.0. The Bertz CT molecular complexity index is 355. The lowest BCUT2D eigenvalue weighted by atomic mass is 10.3. The fourth-order valence-corrected chi connectivity index (χ4v) is 1.77. The van der Waals surface area contributed by atoms with Crippen molar-refractivity contribution < 1.29 is 4.74 Å². The van der Waals surface area contributed by atoms with Crippen molar-refractivity contribution in [2.75, 3.05) is 31.7 Å². The molecule has 17 heavy (non-hydrogen) atoms. The molecule has 1 aromatic rings. The maximum absolute atomic E-state index is 5.80. The van der Waals surface area contributed by atoms with Gasteiger partial charge in [-0.2, -0.15) is 0 Å². The van der Waals surface area contributed by atoms with Crippen molar-refractivity contribution in [2.45, 2.75) is 18.7 Å². The van der Waals surface area contributed by atoms with Gasteiger partial charge < -0.3 is 9.64 Å². The molecule has 0 saturated heterocycles. The molecule has 0 aromatic carbocycles. The van der Waals surface area contributed by atoms with Crippen LogP contribution in [0.15, 0.2) is 18.3 Å². The maximum Gasteiger partial charge on any atom is 0.128 e. The molecule has 1 aliphatic rings. The fourth-order valence-electron chi connectivity index (χ4n) is 1.60. The van der Waals surface area contributed by atoms with Gasteiger partial charge in [0.15, 0.2) is 0 Å². The molecule has 0 radical (unpaired) electrons. The average molecular weight is 255 g/mol. The Labute approximate surface area is 108 Å². The predicted molar refractivity (Wildman–Crippen MR) is 70.6 cm³/mol. The van der Waals surface area contributed by atoms with E-state index in [1.54, 1.807) is 6.20 Å². The van der Waals surface area contributed by atoms with E-state index in [4.69, 9.17) is 16.3 Å². The zero-order valence-electron chi connectivity index (χ0n) is 10.2. The minimum Gasteiger partial charge on any atom is -0.379 e. The van der Waals surface area contributed by atoms with Gasteiger partial charge >= 0.3 is 0 Å². The van der Waals surface area contributed by atoms with E-state index < -0.39 is 0 Å². The van der Waals surface area contributed by atoms with Gasteiger partial charge in [0, 0.05) is 32.3 Å². The number of likely N-dealkylation sites (N-methyl/N-ethyl adjacent to an activating group) is 1. The molecule has 1 saturated carbocycles. The molecule has 94 valence electrons. The molecule has 1 aromatic heterocycles. The SMILES string of the molecule is CN(CCOCC1CC1)c1cc(CCl)ccn1. The quantitative estimate of drug-likeness (QED) is 0.553. The van der Waals surface area contributed by atoms with Crippen molar-refractivity contribution in [3.8, 4) is 0 Å². The first-order chi connectivity index (χ1) is 8.29. The number of anilines is 1. The monoisotopic (exact) mass is 254 g/mol.